The smallest absolute Gasteiger partial charge is 0.306 e. The fraction of sp³-hybridized carbons (Fsp3) is 0.650. The molecular formula is C40H61N5O7S. The molecule has 1 aliphatic rings. The molecule has 0 aliphatic carbocycles. The Morgan fingerprint density at radius 3 is 2.34 bits per heavy atom. The van der Waals surface area contributed by atoms with Crippen LogP contribution in [-0.4, -0.2) is 94.4 Å². The number of ether oxygens (including phenoxy) is 1. The molecule has 0 radical (unpaired) electrons. The average Bonchev–Trinajstić information content (AvgIpc) is 3.62. The number of esters is 1. The summed E-state index contributed by atoms with van der Waals surface area (Å²) in [7, 11) is 3.68. The molecule has 0 unspecified atom stereocenters. The number of carboxylic acid groups (broad SMARTS) is 1. The van der Waals surface area contributed by atoms with E-state index in [-0.39, 0.29) is 54.6 Å². The number of nitrogens with one attached hydrogen (secondary N) is 2. The van der Waals surface area contributed by atoms with Gasteiger partial charge in [0.2, 0.25) is 11.8 Å². The number of likely N-dealkylation sites (tertiary alicyclic amines) is 1. The third kappa shape index (κ3) is 12.9. The molecule has 1 saturated heterocycles. The maximum atomic E-state index is 14.3. The summed E-state index contributed by atoms with van der Waals surface area (Å²) in [6.45, 7) is 12.3. The van der Waals surface area contributed by atoms with Gasteiger partial charge in [-0.3, -0.25) is 28.9 Å². The minimum atomic E-state index is -0.942. The minimum Gasteiger partial charge on any atom is -0.481 e. The molecule has 1 aromatic heterocycles. The molecule has 3 amide bonds. The minimum absolute atomic E-state index is 0.0493. The third-order valence-corrected chi connectivity index (χ3v) is 11.3. The summed E-state index contributed by atoms with van der Waals surface area (Å²) in [6.07, 6.45) is 4.34. The van der Waals surface area contributed by atoms with Crippen LogP contribution in [0.5, 0.6) is 0 Å². The Hall–Kier alpha value is -3.84. The molecule has 53 heavy (non-hydrogen) atoms. The number of carboxylic acids is 1. The number of aromatic nitrogens is 1. The van der Waals surface area contributed by atoms with Crippen LogP contribution in [-0.2, 0) is 30.3 Å². The van der Waals surface area contributed by atoms with Gasteiger partial charge in [0.25, 0.3) is 5.91 Å². The summed E-state index contributed by atoms with van der Waals surface area (Å²) in [5.41, 5.74) is 1.10. The zero-order chi connectivity index (χ0) is 39.2. The van der Waals surface area contributed by atoms with Gasteiger partial charge in [-0.05, 0) is 63.1 Å². The van der Waals surface area contributed by atoms with Crippen molar-refractivity contribution in [2.24, 2.45) is 17.8 Å². The highest BCUT2D eigenvalue weighted by atomic mass is 32.1. The van der Waals surface area contributed by atoms with E-state index in [2.05, 4.69) is 20.5 Å². The van der Waals surface area contributed by atoms with Crippen molar-refractivity contribution in [3.63, 3.8) is 0 Å². The van der Waals surface area contributed by atoms with E-state index >= 15 is 0 Å². The molecule has 1 aliphatic heterocycles. The van der Waals surface area contributed by atoms with Crippen molar-refractivity contribution in [3.8, 4) is 0 Å². The van der Waals surface area contributed by atoms with E-state index < -0.39 is 48.0 Å². The number of carbonyl (C=O) groups excluding carboxylic acids is 4. The van der Waals surface area contributed by atoms with Crippen molar-refractivity contribution in [1.29, 1.82) is 0 Å². The number of thiazole rings is 1. The fourth-order valence-corrected chi connectivity index (χ4v) is 7.70. The molecule has 294 valence electrons. The maximum Gasteiger partial charge on any atom is 0.306 e. The Morgan fingerprint density at radius 2 is 1.74 bits per heavy atom. The first-order chi connectivity index (χ1) is 25.2. The van der Waals surface area contributed by atoms with Crippen LogP contribution < -0.4 is 10.6 Å². The van der Waals surface area contributed by atoms with Gasteiger partial charge >= 0.3 is 11.9 Å². The quantitative estimate of drug-likeness (QED) is 0.141. The van der Waals surface area contributed by atoms with Gasteiger partial charge in [0.05, 0.1) is 12.0 Å². The summed E-state index contributed by atoms with van der Waals surface area (Å²) < 4.78 is 6.00. The van der Waals surface area contributed by atoms with Crippen LogP contribution >= 0.6 is 11.3 Å². The van der Waals surface area contributed by atoms with E-state index in [1.807, 2.05) is 72.0 Å². The van der Waals surface area contributed by atoms with E-state index in [0.717, 1.165) is 31.4 Å². The van der Waals surface area contributed by atoms with Crippen LogP contribution in [0.15, 0.2) is 35.7 Å². The van der Waals surface area contributed by atoms with Crippen molar-refractivity contribution in [1.82, 2.24) is 25.4 Å². The number of nitrogens with zero attached hydrogens (tertiary/aromatic N) is 3. The summed E-state index contributed by atoms with van der Waals surface area (Å²) in [6, 6.07) is 7.71. The molecule has 1 aromatic carbocycles. The molecule has 13 heteroatoms. The first-order valence-corrected chi connectivity index (χ1v) is 20.0. The standard InChI is InChI=1S/C40H61N5O7S/c1-9-16-34(46)52-33(38-42-30(24-53-38)36(47)41-29(21-27(6)40(50)51)22-28-17-12-11-13-18-28)23-32(25(3)4)45(8)39(49)35(26(5)10-2)43-37(48)31-19-14-15-20-44(31)7/h11-13,17-18,24-27,29,31-33,35H,9-10,14-16,19-23H2,1-8H3,(H,41,47)(H,43,48)(H,50,51)/t26-,27-,29+,31+,32+,33+,35-/m0/s1. The second-order valence-corrected chi connectivity index (χ2v) is 15.9. The molecule has 0 spiro atoms. The number of likely N-dealkylation sites (N-methyl/N-ethyl adjacent to an activating group) is 2. The second kappa shape index (κ2) is 21.2. The maximum absolute atomic E-state index is 14.3. The normalized spacial score (nSPS) is 18.2. The van der Waals surface area contributed by atoms with Gasteiger partial charge in [0.15, 0.2) is 6.10 Å². The molecule has 12 nitrogen and oxygen atoms in total. The summed E-state index contributed by atoms with van der Waals surface area (Å²) in [5, 5.41) is 17.7. The summed E-state index contributed by atoms with van der Waals surface area (Å²) in [4.78, 5) is 74.3. The molecule has 7 atom stereocenters. The second-order valence-electron chi connectivity index (χ2n) is 15.0. The van der Waals surface area contributed by atoms with Gasteiger partial charge < -0.3 is 25.4 Å². The van der Waals surface area contributed by atoms with Crippen molar-refractivity contribution in [3.05, 3.63) is 52.0 Å². The SMILES string of the molecule is CCCC(=O)O[C@H](C[C@H](C(C)C)N(C)C(=O)[C@@H](NC(=O)[C@H]1CCCCN1C)[C@@H](C)CC)c1nc(C(=O)N[C@@H](Cc2ccccc2)C[C@H](C)C(=O)O)cs1. The molecule has 3 rings (SSSR count). The van der Waals surface area contributed by atoms with Crippen molar-refractivity contribution in [2.45, 2.75) is 130 Å². The molecular weight excluding hydrogens is 695 g/mol. The number of benzene rings is 1. The lowest BCUT2D eigenvalue weighted by Crippen LogP contribution is -2.58. The Bertz CT molecular complexity index is 1500. The largest absolute Gasteiger partial charge is 0.481 e. The summed E-state index contributed by atoms with van der Waals surface area (Å²) >= 11 is 1.20. The third-order valence-electron chi connectivity index (χ3n) is 10.4. The lowest BCUT2D eigenvalue weighted by Gasteiger charge is -2.38. The van der Waals surface area contributed by atoms with E-state index in [1.54, 1.807) is 24.3 Å². The monoisotopic (exact) mass is 755 g/mol. The van der Waals surface area contributed by atoms with E-state index in [0.29, 0.717) is 24.3 Å². The van der Waals surface area contributed by atoms with Gasteiger partial charge in [-0.25, -0.2) is 4.98 Å². The molecule has 0 saturated carbocycles. The highest BCUT2D eigenvalue weighted by Gasteiger charge is 2.37. The average molecular weight is 756 g/mol. The van der Waals surface area contributed by atoms with Crippen molar-refractivity contribution >= 4 is 41.0 Å². The van der Waals surface area contributed by atoms with Crippen LogP contribution in [0.2, 0.25) is 0 Å². The zero-order valence-electron chi connectivity index (χ0n) is 32.8. The van der Waals surface area contributed by atoms with Crippen LogP contribution in [0.25, 0.3) is 0 Å². The first-order valence-electron chi connectivity index (χ1n) is 19.2. The van der Waals surface area contributed by atoms with Gasteiger partial charge in [0.1, 0.15) is 16.7 Å². The predicted molar refractivity (Wildman–Crippen MR) is 206 cm³/mol. The van der Waals surface area contributed by atoms with Crippen molar-refractivity contribution in [2.75, 3.05) is 20.6 Å². The lowest BCUT2D eigenvalue weighted by molar-refractivity contribution is -0.151. The number of aliphatic carboxylic acids is 1. The van der Waals surface area contributed by atoms with Gasteiger partial charge in [-0.15, -0.1) is 11.3 Å². The Labute approximate surface area is 319 Å². The zero-order valence-corrected chi connectivity index (χ0v) is 33.6. The number of carbonyl (C=O) groups is 5. The number of hydrogen-bond donors (Lipinski definition) is 3. The number of amides is 3. The van der Waals surface area contributed by atoms with Crippen LogP contribution in [0.4, 0.5) is 0 Å². The highest BCUT2D eigenvalue weighted by molar-refractivity contribution is 7.09. The van der Waals surface area contributed by atoms with E-state index in [1.165, 1.54) is 11.3 Å². The molecule has 1 fully saturated rings. The van der Waals surface area contributed by atoms with Crippen molar-refractivity contribution < 1.29 is 33.8 Å². The molecule has 2 heterocycles. The fourth-order valence-electron chi connectivity index (χ4n) is 6.86. The Balaban J connectivity index is 1.85. The topological polar surface area (TPSA) is 158 Å². The van der Waals surface area contributed by atoms with Crippen LogP contribution in [0, 0.1) is 17.8 Å². The molecule has 0 bridgehead atoms. The summed E-state index contributed by atoms with van der Waals surface area (Å²) in [5.74, 6) is -2.97. The van der Waals surface area contributed by atoms with E-state index in [9.17, 15) is 29.1 Å². The number of rotatable bonds is 20. The first kappa shape index (κ1) is 43.6. The Morgan fingerprint density at radius 1 is 1.04 bits per heavy atom. The van der Waals surface area contributed by atoms with Crippen LogP contribution in [0.3, 0.4) is 0 Å². The molecule has 2 aromatic rings. The Kier molecular flexibility index (Phi) is 17.4. The highest BCUT2D eigenvalue weighted by Crippen LogP contribution is 2.31. The number of hydrogen-bond acceptors (Lipinski definition) is 9. The van der Waals surface area contributed by atoms with E-state index in [4.69, 9.17) is 4.74 Å². The number of piperidine rings is 1. The predicted octanol–water partition coefficient (Wildman–Crippen LogP) is 5.87. The lowest BCUT2D eigenvalue weighted by atomic mass is 9.92. The van der Waals surface area contributed by atoms with Crippen LogP contribution in [0.1, 0.15) is 120 Å². The van der Waals surface area contributed by atoms with Gasteiger partial charge in [0, 0.05) is 37.4 Å². The van der Waals surface area contributed by atoms with Gasteiger partial charge in [-0.2, -0.15) is 0 Å². The van der Waals surface area contributed by atoms with Gasteiger partial charge in [-0.1, -0.05) is 84.7 Å². The molecule has 3 N–H and O–H groups in total.